The molecule has 0 radical (unpaired) electrons. The fourth-order valence-electron chi connectivity index (χ4n) is 4.73. The van der Waals surface area contributed by atoms with Gasteiger partial charge in [0.1, 0.15) is 11.5 Å². The van der Waals surface area contributed by atoms with Crippen molar-refractivity contribution < 1.29 is 14.3 Å². The zero-order valence-electron chi connectivity index (χ0n) is 19.1. The van der Waals surface area contributed by atoms with Crippen LogP contribution in [0.5, 0.6) is 0 Å². The number of benzene rings is 1. The van der Waals surface area contributed by atoms with Gasteiger partial charge in [0.15, 0.2) is 0 Å². The molecule has 0 bridgehead atoms. The van der Waals surface area contributed by atoms with Crippen molar-refractivity contribution in [2.45, 2.75) is 32.6 Å². The van der Waals surface area contributed by atoms with Crippen LogP contribution in [0.3, 0.4) is 0 Å². The SMILES string of the molecule is Cc1ccc2cc(C(=O)N3CCC[C@H](c4ncc(C(=O)N5CCOCC5)c(C)n4)C3)[nH]c2c1. The molecule has 4 heterocycles. The number of H-pyrrole nitrogens is 1. The van der Waals surface area contributed by atoms with E-state index in [1.807, 2.05) is 30.9 Å². The molecule has 172 valence electrons. The molecule has 0 aliphatic carbocycles. The molecule has 1 aromatic carbocycles. The smallest absolute Gasteiger partial charge is 0.270 e. The maximum absolute atomic E-state index is 13.2. The first-order chi connectivity index (χ1) is 16.0. The second kappa shape index (κ2) is 8.94. The third kappa shape index (κ3) is 4.35. The fraction of sp³-hybridized carbons (Fsp3) is 0.440. The summed E-state index contributed by atoms with van der Waals surface area (Å²) in [6.07, 6.45) is 3.47. The Morgan fingerprint density at radius 3 is 2.67 bits per heavy atom. The van der Waals surface area contributed by atoms with Crippen LogP contribution in [-0.4, -0.2) is 76.0 Å². The molecule has 2 fully saturated rings. The molecule has 2 aliphatic rings. The third-order valence-electron chi connectivity index (χ3n) is 6.61. The van der Waals surface area contributed by atoms with Crippen molar-refractivity contribution in [1.82, 2.24) is 24.8 Å². The molecular weight excluding hydrogens is 418 g/mol. The molecule has 2 amide bonds. The minimum absolute atomic E-state index is 0.00407. The Morgan fingerprint density at radius 1 is 1.06 bits per heavy atom. The number of aromatic amines is 1. The van der Waals surface area contributed by atoms with Crippen molar-refractivity contribution >= 4 is 22.7 Å². The van der Waals surface area contributed by atoms with Crippen LogP contribution in [0.25, 0.3) is 10.9 Å². The summed E-state index contributed by atoms with van der Waals surface area (Å²) in [4.78, 5) is 42.2. The highest BCUT2D eigenvalue weighted by atomic mass is 16.5. The van der Waals surface area contributed by atoms with Crippen LogP contribution in [-0.2, 0) is 4.74 Å². The number of rotatable bonds is 3. The van der Waals surface area contributed by atoms with E-state index < -0.39 is 0 Å². The van der Waals surface area contributed by atoms with Crippen molar-refractivity contribution in [2.24, 2.45) is 0 Å². The summed E-state index contributed by atoms with van der Waals surface area (Å²) in [5, 5.41) is 1.04. The van der Waals surface area contributed by atoms with Crippen molar-refractivity contribution in [3.8, 4) is 0 Å². The van der Waals surface area contributed by atoms with Crippen LogP contribution < -0.4 is 0 Å². The maximum atomic E-state index is 13.2. The number of fused-ring (bicyclic) bond motifs is 1. The minimum atomic E-state index is -0.0446. The standard InChI is InChI=1S/C25H29N5O3/c1-16-5-6-18-13-22(28-21(18)12-16)25(32)30-7-3-4-19(15-30)23-26-14-20(17(2)27-23)24(31)29-8-10-33-11-9-29/h5-6,12-14,19,28H,3-4,7-11,15H2,1-2H3/t19-/m0/s1. The largest absolute Gasteiger partial charge is 0.378 e. The van der Waals surface area contributed by atoms with E-state index in [4.69, 9.17) is 4.74 Å². The highest BCUT2D eigenvalue weighted by Gasteiger charge is 2.29. The van der Waals surface area contributed by atoms with E-state index in [9.17, 15) is 9.59 Å². The Labute approximate surface area is 193 Å². The van der Waals surface area contributed by atoms with Crippen molar-refractivity contribution in [1.29, 1.82) is 0 Å². The van der Waals surface area contributed by atoms with Gasteiger partial charge < -0.3 is 19.5 Å². The number of carbonyl (C=O) groups is 2. The number of hydrogen-bond acceptors (Lipinski definition) is 5. The number of aromatic nitrogens is 3. The van der Waals surface area contributed by atoms with Crippen LogP contribution in [0.1, 0.15) is 56.7 Å². The summed E-state index contributed by atoms with van der Waals surface area (Å²) in [6, 6.07) is 8.07. The lowest BCUT2D eigenvalue weighted by molar-refractivity contribution is 0.0301. The molecule has 8 heteroatoms. The number of carbonyl (C=O) groups excluding carboxylic acids is 2. The molecule has 1 atom stereocenters. The van der Waals surface area contributed by atoms with Gasteiger partial charge in [-0.1, -0.05) is 12.1 Å². The van der Waals surface area contributed by atoms with Gasteiger partial charge in [-0.2, -0.15) is 0 Å². The number of piperidine rings is 1. The van der Waals surface area contributed by atoms with Gasteiger partial charge in [0.05, 0.1) is 24.5 Å². The van der Waals surface area contributed by atoms with Gasteiger partial charge in [-0.05, 0) is 44.4 Å². The van der Waals surface area contributed by atoms with E-state index in [0.29, 0.717) is 55.6 Å². The zero-order valence-corrected chi connectivity index (χ0v) is 19.1. The fourth-order valence-corrected chi connectivity index (χ4v) is 4.73. The molecular formula is C25H29N5O3. The molecule has 0 unspecified atom stereocenters. The van der Waals surface area contributed by atoms with Gasteiger partial charge in [-0.15, -0.1) is 0 Å². The molecule has 0 spiro atoms. The van der Waals surface area contributed by atoms with E-state index in [0.717, 1.165) is 35.9 Å². The van der Waals surface area contributed by atoms with Crippen molar-refractivity contribution in [3.63, 3.8) is 0 Å². The van der Waals surface area contributed by atoms with Crippen LogP contribution in [0.15, 0.2) is 30.5 Å². The predicted octanol–water partition coefficient (Wildman–Crippen LogP) is 3.07. The number of nitrogens with one attached hydrogen (secondary N) is 1. The zero-order chi connectivity index (χ0) is 22.9. The van der Waals surface area contributed by atoms with E-state index in [-0.39, 0.29) is 17.7 Å². The normalized spacial score (nSPS) is 19.2. The van der Waals surface area contributed by atoms with Crippen LogP contribution in [0.4, 0.5) is 0 Å². The van der Waals surface area contributed by atoms with E-state index in [1.54, 1.807) is 11.1 Å². The number of ether oxygens (including phenoxy) is 1. The molecule has 0 saturated carbocycles. The number of amides is 2. The molecule has 5 rings (SSSR count). The van der Waals surface area contributed by atoms with Gasteiger partial charge in [0.25, 0.3) is 11.8 Å². The second-order valence-corrected chi connectivity index (χ2v) is 9.00. The molecule has 2 saturated heterocycles. The average molecular weight is 448 g/mol. The summed E-state index contributed by atoms with van der Waals surface area (Å²) in [5.41, 5.74) is 3.97. The van der Waals surface area contributed by atoms with E-state index in [1.165, 1.54) is 0 Å². The van der Waals surface area contributed by atoms with E-state index in [2.05, 4.69) is 27.1 Å². The molecule has 8 nitrogen and oxygen atoms in total. The highest BCUT2D eigenvalue weighted by molar-refractivity contribution is 5.98. The lowest BCUT2D eigenvalue weighted by Gasteiger charge is -2.32. The lowest BCUT2D eigenvalue weighted by Crippen LogP contribution is -2.41. The molecule has 2 aliphatic heterocycles. The Hall–Kier alpha value is -3.26. The number of aryl methyl sites for hydroxylation is 2. The second-order valence-electron chi connectivity index (χ2n) is 9.00. The Balaban J connectivity index is 1.31. The topological polar surface area (TPSA) is 91.4 Å². The van der Waals surface area contributed by atoms with Gasteiger partial charge in [0, 0.05) is 49.2 Å². The predicted molar refractivity (Wildman–Crippen MR) is 124 cm³/mol. The first-order valence-electron chi connectivity index (χ1n) is 11.6. The summed E-state index contributed by atoms with van der Waals surface area (Å²) < 4.78 is 5.34. The number of hydrogen-bond donors (Lipinski definition) is 1. The van der Waals surface area contributed by atoms with E-state index >= 15 is 0 Å². The van der Waals surface area contributed by atoms with Gasteiger partial charge in [0.2, 0.25) is 0 Å². The van der Waals surface area contributed by atoms with Crippen molar-refractivity contribution in [3.05, 3.63) is 58.8 Å². The lowest BCUT2D eigenvalue weighted by atomic mass is 9.96. The number of nitrogens with zero attached hydrogens (tertiary/aromatic N) is 4. The summed E-state index contributed by atoms with van der Waals surface area (Å²) in [5.74, 6) is 0.720. The van der Waals surface area contributed by atoms with Gasteiger partial charge in [-0.3, -0.25) is 9.59 Å². The minimum Gasteiger partial charge on any atom is -0.378 e. The molecule has 2 aromatic heterocycles. The third-order valence-corrected chi connectivity index (χ3v) is 6.61. The summed E-state index contributed by atoms with van der Waals surface area (Å²) in [7, 11) is 0. The quantitative estimate of drug-likeness (QED) is 0.666. The Morgan fingerprint density at radius 2 is 1.88 bits per heavy atom. The summed E-state index contributed by atoms with van der Waals surface area (Å²) in [6.45, 7) is 7.49. The number of morpholine rings is 1. The average Bonchev–Trinajstić information content (AvgIpc) is 3.27. The first-order valence-corrected chi connectivity index (χ1v) is 11.6. The highest BCUT2D eigenvalue weighted by Crippen LogP contribution is 2.27. The molecule has 1 N–H and O–H groups in total. The van der Waals surface area contributed by atoms with Crippen molar-refractivity contribution in [2.75, 3.05) is 39.4 Å². The Kier molecular flexibility index (Phi) is 5.85. The van der Waals surface area contributed by atoms with Gasteiger partial charge in [-0.25, -0.2) is 9.97 Å². The molecule has 33 heavy (non-hydrogen) atoms. The van der Waals surface area contributed by atoms with Crippen LogP contribution in [0, 0.1) is 13.8 Å². The monoisotopic (exact) mass is 447 g/mol. The van der Waals surface area contributed by atoms with Crippen LogP contribution in [0.2, 0.25) is 0 Å². The first kappa shape index (κ1) is 21.6. The molecule has 3 aromatic rings. The number of likely N-dealkylation sites (tertiary alicyclic amines) is 1. The summed E-state index contributed by atoms with van der Waals surface area (Å²) >= 11 is 0. The Bertz CT molecular complexity index is 1200. The maximum Gasteiger partial charge on any atom is 0.270 e. The van der Waals surface area contributed by atoms with Crippen LogP contribution >= 0.6 is 0 Å². The van der Waals surface area contributed by atoms with Gasteiger partial charge >= 0.3 is 0 Å².